The fraction of sp³-hybridized carbons (Fsp3) is 0.875. The monoisotopic (exact) mass is 276 g/mol. The maximum atomic E-state index is 10.8. The van der Waals surface area contributed by atoms with E-state index >= 15 is 0 Å². The number of nitrogens with zero attached hydrogens (tertiary/aromatic N) is 2. The minimum absolute atomic E-state index is 0.155. The van der Waals surface area contributed by atoms with Crippen LogP contribution in [0.5, 0.6) is 0 Å². The number of isocyanates is 2. The van der Waals surface area contributed by atoms with E-state index in [4.69, 9.17) is 0 Å². The summed E-state index contributed by atoms with van der Waals surface area (Å²) in [6, 6.07) is -0.310. The van der Waals surface area contributed by atoms with E-state index < -0.39 is 0 Å². The second kappa shape index (κ2) is 8.14. The van der Waals surface area contributed by atoms with Gasteiger partial charge in [0.1, 0.15) is 0 Å². The van der Waals surface area contributed by atoms with Gasteiger partial charge in [0.05, 0.1) is 12.1 Å². The van der Waals surface area contributed by atoms with Crippen LogP contribution in [0.4, 0.5) is 0 Å². The topological polar surface area (TPSA) is 58.9 Å². The number of hydrogen-bond donors (Lipinski definition) is 0. The molecule has 4 heteroatoms. The van der Waals surface area contributed by atoms with E-state index in [1.165, 1.54) is 38.5 Å². The van der Waals surface area contributed by atoms with E-state index in [0.29, 0.717) is 11.8 Å². The van der Waals surface area contributed by atoms with Crippen LogP contribution in [0.1, 0.15) is 64.2 Å². The van der Waals surface area contributed by atoms with Gasteiger partial charge in [0.25, 0.3) is 0 Å². The molecule has 0 aromatic carbocycles. The minimum Gasteiger partial charge on any atom is -0.211 e. The number of hydrogen-bond acceptors (Lipinski definition) is 4. The van der Waals surface area contributed by atoms with Crippen molar-refractivity contribution in [2.75, 3.05) is 0 Å². The molecule has 2 fully saturated rings. The van der Waals surface area contributed by atoms with Gasteiger partial charge in [0.15, 0.2) is 0 Å². The van der Waals surface area contributed by atoms with Gasteiger partial charge in [-0.15, -0.1) is 0 Å². The van der Waals surface area contributed by atoms with Crippen LogP contribution in [0, 0.1) is 11.8 Å². The molecule has 2 unspecified atom stereocenters. The van der Waals surface area contributed by atoms with Crippen LogP contribution in [0.3, 0.4) is 0 Å². The van der Waals surface area contributed by atoms with E-state index in [0.717, 1.165) is 25.7 Å². The zero-order valence-corrected chi connectivity index (χ0v) is 12.1. The maximum absolute atomic E-state index is 10.8. The van der Waals surface area contributed by atoms with Gasteiger partial charge in [-0.2, -0.15) is 9.98 Å². The first kappa shape index (κ1) is 15.2. The second-order valence-corrected chi connectivity index (χ2v) is 6.22. The van der Waals surface area contributed by atoms with E-state index in [1.807, 2.05) is 0 Å². The van der Waals surface area contributed by atoms with E-state index in [9.17, 15) is 9.59 Å². The van der Waals surface area contributed by atoms with Crippen LogP contribution < -0.4 is 0 Å². The van der Waals surface area contributed by atoms with E-state index in [2.05, 4.69) is 9.98 Å². The first-order chi connectivity index (χ1) is 9.86. The third-order valence-corrected chi connectivity index (χ3v) is 5.02. The van der Waals surface area contributed by atoms with Crippen molar-refractivity contribution < 1.29 is 9.59 Å². The molecule has 0 aromatic heterocycles. The number of aliphatic imine (C=N–C) groups is 2. The fourth-order valence-electron chi connectivity index (χ4n) is 3.99. The molecule has 4 nitrogen and oxygen atoms in total. The molecule has 0 amide bonds. The van der Waals surface area contributed by atoms with E-state index in [1.54, 1.807) is 12.2 Å². The lowest BCUT2D eigenvalue weighted by Gasteiger charge is -2.35. The summed E-state index contributed by atoms with van der Waals surface area (Å²) in [5.74, 6) is 0.767. The zero-order valence-electron chi connectivity index (χ0n) is 12.1. The molecule has 0 bridgehead atoms. The predicted octanol–water partition coefficient (Wildman–Crippen LogP) is 3.56. The van der Waals surface area contributed by atoms with Crippen molar-refractivity contribution in [3.63, 3.8) is 0 Å². The molecule has 2 aliphatic carbocycles. The normalized spacial score (nSPS) is 24.2. The van der Waals surface area contributed by atoms with Crippen LogP contribution in [0.25, 0.3) is 0 Å². The lowest BCUT2D eigenvalue weighted by Crippen LogP contribution is -2.38. The van der Waals surface area contributed by atoms with Crippen molar-refractivity contribution in [3.8, 4) is 0 Å². The molecular formula is C16H24N2O2. The largest absolute Gasteiger partial charge is 0.235 e. The molecule has 0 N–H and O–H groups in total. The second-order valence-electron chi connectivity index (χ2n) is 6.22. The van der Waals surface area contributed by atoms with Gasteiger partial charge in [-0.1, -0.05) is 38.5 Å². The molecule has 2 atom stereocenters. The molecule has 0 heterocycles. The Balaban J connectivity index is 2.16. The summed E-state index contributed by atoms with van der Waals surface area (Å²) in [4.78, 5) is 29.8. The Kier molecular flexibility index (Phi) is 6.17. The third kappa shape index (κ3) is 3.88. The van der Waals surface area contributed by atoms with Gasteiger partial charge < -0.3 is 0 Å². The molecule has 2 rings (SSSR count). The van der Waals surface area contributed by atoms with Crippen LogP contribution in [-0.4, -0.2) is 24.2 Å². The van der Waals surface area contributed by atoms with Gasteiger partial charge >= 0.3 is 0 Å². The van der Waals surface area contributed by atoms with Gasteiger partial charge in [0.2, 0.25) is 12.2 Å². The summed E-state index contributed by atoms with van der Waals surface area (Å²) in [5.41, 5.74) is 0. The zero-order chi connectivity index (χ0) is 14.2. The molecule has 2 aliphatic rings. The highest BCUT2D eigenvalue weighted by molar-refractivity contribution is 5.36. The molecule has 0 saturated heterocycles. The molecule has 2 saturated carbocycles. The highest BCUT2D eigenvalue weighted by Gasteiger charge is 2.36. The predicted molar refractivity (Wildman–Crippen MR) is 77.0 cm³/mol. The van der Waals surface area contributed by atoms with Crippen LogP contribution in [0.2, 0.25) is 0 Å². The van der Waals surface area contributed by atoms with Crippen LogP contribution in [0.15, 0.2) is 9.98 Å². The Labute approximate surface area is 120 Å². The van der Waals surface area contributed by atoms with Gasteiger partial charge in [0, 0.05) is 0 Å². The fourth-order valence-corrected chi connectivity index (χ4v) is 3.99. The number of carbonyl (C=O) groups excluding carboxylic acids is 2. The molecule has 0 aliphatic heterocycles. The summed E-state index contributed by atoms with van der Waals surface area (Å²) < 4.78 is 0. The van der Waals surface area contributed by atoms with Gasteiger partial charge in [-0.05, 0) is 37.5 Å². The van der Waals surface area contributed by atoms with Gasteiger partial charge in [-0.25, -0.2) is 9.59 Å². The van der Waals surface area contributed by atoms with Crippen molar-refractivity contribution >= 4 is 12.2 Å². The molecule has 0 aromatic rings. The molecule has 0 spiro atoms. The summed E-state index contributed by atoms with van der Waals surface area (Å²) in [7, 11) is 0. The van der Waals surface area contributed by atoms with Gasteiger partial charge in [-0.3, -0.25) is 0 Å². The van der Waals surface area contributed by atoms with Crippen molar-refractivity contribution in [1.29, 1.82) is 0 Å². The van der Waals surface area contributed by atoms with Crippen molar-refractivity contribution in [2.45, 2.75) is 76.3 Å². The Bertz CT molecular complexity index is 347. The SMILES string of the molecule is O=C=NC(C1CCCCC1)C(N=C=O)C1CCCCC1. The lowest BCUT2D eigenvalue weighted by molar-refractivity contribution is 0.213. The average Bonchev–Trinajstić information content (AvgIpc) is 2.52. The summed E-state index contributed by atoms with van der Waals surface area (Å²) in [5, 5.41) is 0. The first-order valence-electron chi connectivity index (χ1n) is 8.00. The lowest BCUT2D eigenvalue weighted by atomic mass is 9.74. The smallest absolute Gasteiger partial charge is 0.211 e. The standard InChI is InChI=1S/C16H24N2O2/c19-11-17-15(13-7-3-1-4-8-13)16(18-12-20)14-9-5-2-6-10-14/h13-16H,1-10H2. The molecule has 0 radical (unpaired) electrons. The summed E-state index contributed by atoms with van der Waals surface area (Å²) in [6.07, 6.45) is 15.1. The first-order valence-corrected chi connectivity index (χ1v) is 8.00. The minimum atomic E-state index is -0.155. The van der Waals surface area contributed by atoms with Crippen LogP contribution in [-0.2, 0) is 9.59 Å². The van der Waals surface area contributed by atoms with Crippen molar-refractivity contribution in [1.82, 2.24) is 0 Å². The maximum Gasteiger partial charge on any atom is 0.235 e. The van der Waals surface area contributed by atoms with Crippen molar-refractivity contribution in [2.24, 2.45) is 21.8 Å². The molecule has 20 heavy (non-hydrogen) atoms. The molecule has 110 valence electrons. The molecular weight excluding hydrogens is 252 g/mol. The highest BCUT2D eigenvalue weighted by atomic mass is 16.1. The average molecular weight is 276 g/mol. The van der Waals surface area contributed by atoms with Crippen LogP contribution >= 0.6 is 0 Å². The Morgan fingerprint density at radius 3 is 1.30 bits per heavy atom. The Hall–Kier alpha value is -1.24. The quantitative estimate of drug-likeness (QED) is 0.569. The third-order valence-electron chi connectivity index (χ3n) is 5.02. The Morgan fingerprint density at radius 1 is 0.650 bits per heavy atom. The summed E-state index contributed by atoms with van der Waals surface area (Å²) >= 11 is 0. The highest BCUT2D eigenvalue weighted by Crippen LogP contribution is 2.36. The Morgan fingerprint density at radius 2 is 1.00 bits per heavy atom. The van der Waals surface area contributed by atoms with Crippen molar-refractivity contribution in [3.05, 3.63) is 0 Å². The van der Waals surface area contributed by atoms with E-state index in [-0.39, 0.29) is 12.1 Å². The number of rotatable bonds is 5. The summed E-state index contributed by atoms with van der Waals surface area (Å²) in [6.45, 7) is 0.